The van der Waals surface area contributed by atoms with Crippen LogP contribution in [-0.4, -0.2) is 12.5 Å². The van der Waals surface area contributed by atoms with E-state index in [-0.39, 0.29) is 12.5 Å². The normalized spacial score (nSPS) is 10.4. The first-order chi connectivity index (χ1) is 11.0. The molecule has 0 saturated carbocycles. The second kappa shape index (κ2) is 8.23. The molecule has 2 N–H and O–H groups in total. The molecular weight excluding hydrogens is 331 g/mol. The lowest BCUT2D eigenvalue weighted by molar-refractivity contribution is -0.114. The molecule has 0 bridgehead atoms. The van der Waals surface area contributed by atoms with E-state index in [1.807, 2.05) is 18.2 Å². The van der Waals surface area contributed by atoms with Crippen LogP contribution in [0.25, 0.3) is 0 Å². The summed E-state index contributed by atoms with van der Waals surface area (Å²) in [6, 6.07) is 11.2. The zero-order chi connectivity index (χ0) is 16.8. The molecule has 0 radical (unpaired) electrons. The minimum Gasteiger partial charge on any atom is -0.375 e. The van der Waals surface area contributed by atoms with Crippen LogP contribution in [0.1, 0.15) is 25.0 Å². The molecule has 0 fully saturated rings. The summed E-state index contributed by atoms with van der Waals surface area (Å²) in [6.45, 7) is 4.30. The highest BCUT2D eigenvalue weighted by Gasteiger charge is 2.10. The van der Waals surface area contributed by atoms with E-state index in [2.05, 4.69) is 24.5 Å². The lowest BCUT2D eigenvalue weighted by Crippen LogP contribution is -2.23. The SMILES string of the molecule is CCc1cccc(CC)c1NC(=O)CNc1ccc(Cl)cc1Cl. The fraction of sp³-hybridized carbons (Fsp3) is 0.278. The van der Waals surface area contributed by atoms with Gasteiger partial charge >= 0.3 is 0 Å². The van der Waals surface area contributed by atoms with Crippen molar-refractivity contribution >= 4 is 40.5 Å². The van der Waals surface area contributed by atoms with Gasteiger partial charge in [0.05, 0.1) is 17.3 Å². The second-order valence-electron chi connectivity index (χ2n) is 5.18. The molecule has 0 aromatic heterocycles. The minimum atomic E-state index is -0.105. The topological polar surface area (TPSA) is 41.1 Å². The van der Waals surface area contributed by atoms with Crippen molar-refractivity contribution in [3.63, 3.8) is 0 Å². The number of hydrogen-bond donors (Lipinski definition) is 2. The lowest BCUT2D eigenvalue weighted by atomic mass is 10.0. The van der Waals surface area contributed by atoms with Gasteiger partial charge in [-0.1, -0.05) is 55.2 Å². The Kier molecular flexibility index (Phi) is 6.31. The number of para-hydroxylation sites is 1. The number of carbonyl (C=O) groups excluding carboxylic acids is 1. The van der Waals surface area contributed by atoms with E-state index in [1.165, 1.54) is 0 Å². The third kappa shape index (κ3) is 4.63. The zero-order valence-electron chi connectivity index (χ0n) is 13.2. The van der Waals surface area contributed by atoms with E-state index in [0.29, 0.717) is 15.7 Å². The van der Waals surface area contributed by atoms with Gasteiger partial charge in [-0.3, -0.25) is 4.79 Å². The molecular formula is C18H20Cl2N2O. The van der Waals surface area contributed by atoms with Crippen molar-refractivity contribution in [3.8, 4) is 0 Å². The summed E-state index contributed by atoms with van der Waals surface area (Å²) in [5.41, 5.74) is 3.89. The predicted molar refractivity (Wildman–Crippen MR) is 98.8 cm³/mol. The highest BCUT2D eigenvalue weighted by molar-refractivity contribution is 6.36. The van der Waals surface area contributed by atoms with Crippen LogP contribution in [-0.2, 0) is 17.6 Å². The van der Waals surface area contributed by atoms with Crippen LogP contribution in [0.5, 0.6) is 0 Å². The minimum absolute atomic E-state index is 0.105. The van der Waals surface area contributed by atoms with E-state index in [1.54, 1.807) is 18.2 Å². The van der Waals surface area contributed by atoms with Gasteiger partial charge in [0.25, 0.3) is 0 Å². The third-order valence-electron chi connectivity index (χ3n) is 3.63. The molecule has 5 heteroatoms. The van der Waals surface area contributed by atoms with Gasteiger partial charge in [0.15, 0.2) is 0 Å². The predicted octanol–water partition coefficient (Wildman–Crippen LogP) is 5.17. The van der Waals surface area contributed by atoms with Gasteiger partial charge in [-0.05, 0) is 42.2 Å². The van der Waals surface area contributed by atoms with Gasteiger partial charge in [0.2, 0.25) is 5.91 Å². The average Bonchev–Trinajstić information content (AvgIpc) is 2.54. The van der Waals surface area contributed by atoms with Crippen molar-refractivity contribution < 1.29 is 4.79 Å². The maximum absolute atomic E-state index is 12.3. The first-order valence-corrected chi connectivity index (χ1v) is 8.40. The van der Waals surface area contributed by atoms with Crippen LogP contribution < -0.4 is 10.6 Å². The van der Waals surface area contributed by atoms with Crippen LogP contribution in [0.4, 0.5) is 11.4 Å². The van der Waals surface area contributed by atoms with Gasteiger partial charge in [-0.25, -0.2) is 0 Å². The Morgan fingerprint density at radius 1 is 1.04 bits per heavy atom. The summed E-state index contributed by atoms with van der Waals surface area (Å²) >= 11 is 12.0. The van der Waals surface area contributed by atoms with E-state index < -0.39 is 0 Å². The highest BCUT2D eigenvalue weighted by atomic mass is 35.5. The molecule has 23 heavy (non-hydrogen) atoms. The van der Waals surface area contributed by atoms with Crippen LogP contribution in [0, 0.1) is 0 Å². The van der Waals surface area contributed by atoms with Gasteiger partial charge < -0.3 is 10.6 Å². The third-order valence-corrected chi connectivity index (χ3v) is 4.18. The Hall–Kier alpha value is -1.71. The maximum atomic E-state index is 12.3. The molecule has 0 unspecified atom stereocenters. The molecule has 0 saturated heterocycles. The first kappa shape index (κ1) is 17.6. The second-order valence-corrected chi connectivity index (χ2v) is 6.03. The Morgan fingerprint density at radius 3 is 2.26 bits per heavy atom. The van der Waals surface area contributed by atoms with Gasteiger partial charge in [-0.2, -0.15) is 0 Å². The van der Waals surface area contributed by atoms with Crippen LogP contribution in [0.15, 0.2) is 36.4 Å². The quantitative estimate of drug-likeness (QED) is 0.754. The molecule has 3 nitrogen and oxygen atoms in total. The van der Waals surface area contributed by atoms with E-state index in [0.717, 1.165) is 29.7 Å². The van der Waals surface area contributed by atoms with Crippen LogP contribution in [0.3, 0.4) is 0 Å². The molecule has 2 aromatic carbocycles. The van der Waals surface area contributed by atoms with Gasteiger partial charge in [0.1, 0.15) is 0 Å². The molecule has 0 atom stereocenters. The number of carbonyl (C=O) groups is 1. The lowest BCUT2D eigenvalue weighted by Gasteiger charge is -2.15. The summed E-state index contributed by atoms with van der Waals surface area (Å²) in [6.07, 6.45) is 1.75. The number of rotatable bonds is 6. The smallest absolute Gasteiger partial charge is 0.243 e. The number of halogens is 2. The van der Waals surface area contributed by atoms with Crippen molar-refractivity contribution in [1.82, 2.24) is 0 Å². The maximum Gasteiger partial charge on any atom is 0.243 e. The molecule has 2 aromatic rings. The summed E-state index contributed by atoms with van der Waals surface area (Å²) in [4.78, 5) is 12.3. The largest absolute Gasteiger partial charge is 0.375 e. The summed E-state index contributed by atoms with van der Waals surface area (Å²) < 4.78 is 0. The number of nitrogens with one attached hydrogen (secondary N) is 2. The molecule has 0 spiro atoms. The molecule has 0 heterocycles. The average molecular weight is 351 g/mol. The fourth-order valence-corrected chi connectivity index (χ4v) is 2.87. The number of amides is 1. The monoisotopic (exact) mass is 350 g/mol. The van der Waals surface area contributed by atoms with E-state index in [9.17, 15) is 4.79 Å². The standard InChI is InChI=1S/C18H20Cl2N2O/c1-3-12-6-5-7-13(4-2)18(12)22-17(23)11-21-16-9-8-14(19)10-15(16)20/h5-10,21H,3-4,11H2,1-2H3,(H,22,23). The van der Waals surface area contributed by atoms with Crippen molar-refractivity contribution in [2.24, 2.45) is 0 Å². The van der Waals surface area contributed by atoms with Crippen LogP contribution in [0.2, 0.25) is 10.0 Å². The molecule has 0 aliphatic carbocycles. The highest BCUT2D eigenvalue weighted by Crippen LogP contribution is 2.25. The summed E-state index contributed by atoms with van der Waals surface area (Å²) in [5, 5.41) is 7.10. The zero-order valence-corrected chi connectivity index (χ0v) is 14.8. The van der Waals surface area contributed by atoms with Crippen molar-refractivity contribution in [3.05, 3.63) is 57.6 Å². The number of benzene rings is 2. The van der Waals surface area contributed by atoms with Gasteiger partial charge in [-0.15, -0.1) is 0 Å². The van der Waals surface area contributed by atoms with E-state index >= 15 is 0 Å². The van der Waals surface area contributed by atoms with Crippen LogP contribution >= 0.6 is 23.2 Å². The van der Waals surface area contributed by atoms with Gasteiger partial charge in [0, 0.05) is 10.7 Å². The Labute approximate surface area is 147 Å². The van der Waals surface area contributed by atoms with E-state index in [4.69, 9.17) is 23.2 Å². The number of anilines is 2. The molecule has 0 aliphatic rings. The molecule has 122 valence electrons. The summed E-state index contributed by atoms with van der Waals surface area (Å²) in [7, 11) is 0. The summed E-state index contributed by atoms with van der Waals surface area (Å²) in [5.74, 6) is -0.105. The molecule has 0 aliphatic heterocycles. The molecule has 1 amide bonds. The van der Waals surface area contributed by atoms with Crippen molar-refractivity contribution in [2.75, 3.05) is 17.2 Å². The molecule has 2 rings (SSSR count). The fourth-order valence-electron chi connectivity index (χ4n) is 2.40. The number of aryl methyl sites for hydroxylation is 2. The Balaban J connectivity index is 2.05. The first-order valence-electron chi connectivity index (χ1n) is 7.64. The number of hydrogen-bond acceptors (Lipinski definition) is 2. The van der Waals surface area contributed by atoms with Crippen molar-refractivity contribution in [2.45, 2.75) is 26.7 Å². The Bertz CT molecular complexity index is 679. The Morgan fingerprint density at radius 2 is 1.70 bits per heavy atom. The van der Waals surface area contributed by atoms with Crippen molar-refractivity contribution in [1.29, 1.82) is 0 Å².